The molecule has 0 amide bonds. The molecule has 8 heteroatoms. The molecule has 166 valence electrons. The number of anilines is 1. The second kappa shape index (κ2) is 9.24. The van der Waals surface area contributed by atoms with Crippen molar-refractivity contribution in [1.29, 1.82) is 0 Å². The molecule has 0 radical (unpaired) electrons. The molecule has 1 aromatic heterocycles. The van der Waals surface area contributed by atoms with Crippen LogP contribution in [0.25, 0.3) is 0 Å². The molecule has 1 aromatic carbocycles. The van der Waals surface area contributed by atoms with E-state index in [1.54, 1.807) is 0 Å². The molecule has 1 unspecified atom stereocenters. The highest BCUT2D eigenvalue weighted by Gasteiger charge is 2.27. The maximum atomic E-state index is 11.7. The lowest BCUT2D eigenvalue weighted by Gasteiger charge is -2.37. The van der Waals surface area contributed by atoms with E-state index in [1.807, 2.05) is 30.4 Å². The summed E-state index contributed by atoms with van der Waals surface area (Å²) in [6.07, 6.45) is 4.66. The highest BCUT2D eigenvalue weighted by Crippen LogP contribution is 2.37. The molecule has 2 aromatic rings. The molecule has 2 aliphatic rings. The zero-order valence-corrected chi connectivity index (χ0v) is 18.4. The predicted octanol–water partition coefficient (Wildman–Crippen LogP) is 2.96. The quantitative estimate of drug-likeness (QED) is 0.525. The van der Waals surface area contributed by atoms with Gasteiger partial charge in [0.25, 0.3) is 0 Å². The lowest BCUT2D eigenvalue weighted by Crippen LogP contribution is -2.49. The van der Waals surface area contributed by atoms with Crippen LogP contribution in [0.4, 0.5) is 5.69 Å². The Bertz CT molecular complexity index is 948. The van der Waals surface area contributed by atoms with Crippen LogP contribution in [0.15, 0.2) is 36.4 Å². The Morgan fingerprint density at radius 3 is 2.29 bits per heavy atom. The van der Waals surface area contributed by atoms with Gasteiger partial charge in [-0.3, -0.25) is 14.3 Å². The number of piperazine rings is 1. The highest BCUT2D eigenvalue weighted by molar-refractivity contribution is 6.30. The molecule has 0 saturated carbocycles. The summed E-state index contributed by atoms with van der Waals surface area (Å²) >= 11 is 6.12. The minimum atomic E-state index is -0.478. The number of hydrogen-bond donors (Lipinski definition) is 2. The SMILES string of the molecule is CC(=O)OC(CN1CCN(c2cccc(Cl)c2)CC1)Cn1c(O)c2c(c1O)CC=CC2. The van der Waals surface area contributed by atoms with Gasteiger partial charge in [-0.15, -0.1) is 0 Å². The molecular formula is C23H28ClN3O4. The number of allylic oxidation sites excluding steroid dienone is 2. The number of halogens is 1. The van der Waals surface area contributed by atoms with Crippen LogP contribution in [0.3, 0.4) is 0 Å². The number of nitrogens with zero attached hydrogens (tertiary/aromatic N) is 3. The topological polar surface area (TPSA) is 78.2 Å². The molecule has 2 N–H and O–H groups in total. The van der Waals surface area contributed by atoms with Crippen LogP contribution in [0.2, 0.25) is 5.02 Å². The van der Waals surface area contributed by atoms with Gasteiger partial charge in [0, 0.05) is 61.5 Å². The van der Waals surface area contributed by atoms with Crippen molar-refractivity contribution in [3.63, 3.8) is 0 Å². The van der Waals surface area contributed by atoms with Gasteiger partial charge in [-0.1, -0.05) is 29.8 Å². The van der Waals surface area contributed by atoms with Gasteiger partial charge in [0.1, 0.15) is 6.10 Å². The summed E-state index contributed by atoms with van der Waals surface area (Å²) in [6.45, 7) is 5.43. The third-order valence-corrected chi connectivity index (χ3v) is 6.19. The van der Waals surface area contributed by atoms with Crippen LogP contribution < -0.4 is 4.90 Å². The maximum Gasteiger partial charge on any atom is 0.303 e. The van der Waals surface area contributed by atoms with E-state index in [0.717, 1.165) is 48.0 Å². The van der Waals surface area contributed by atoms with Gasteiger partial charge in [-0.2, -0.15) is 0 Å². The van der Waals surface area contributed by atoms with Crippen molar-refractivity contribution >= 4 is 23.3 Å². The van der Waals surface area contributed by atoms with Crippen LogP contribution >= 0.6 is 11.6 Å². The average molecular weight is 446 g/mol. The molecule has 1 aliphatic carbocycles. The van der Waals surface area contributed by atoms with Crippen molar-refractivity contribution in [2.24, 2.45) is 0 Å². The van der Waals surface area contributed by atoms with Crippen molar-refractivity contribution in [1.82, 2.24) is 9.47 Å². The standard InChI is InChI=1S/C23H28ClN3O4/c1-16(28)31-19(15-27-22(29)20-7-2-3-8-21(20)23(27)30)14-25-9-11-26(12-10-25)18-6-4-5-17(24)13-18/h2-6,13,19,29-30H,7-12,14-15H2,1H3. The Hall–Kier alpha value is -2.64. The van der Waals surface area contributed by atoms with Crippen LogP contribution in [-0.2, 0) is 28.9 Å². The first-order chi connectivity index (χ1) is 14.9. The number of ether oxygens (including phenoxy) is 1. The molecular weight excluding hydrogens is 418 g/mol. The van der Waals surface area contributed by atoms with E-state index in [1.165, 1.54) is 11.5 Å². The molecule has 31 heavy (non-hydrogen) atoms. The van der Waals surface area contributed by atoms with Crippen molar-refractivity contribution < 1.29 is 19.7 Å². The van der Waals surface area contributed by atoms with E-state index in [2.05, 4.69) is 15.9 Å². The number of hydrogen-bond acceptors (Lipinski definition) is 6. The molecule has 0 spiro atoms. The van der Waals surface area contributed by atoms with Crippen LogP contribution in [0.1, 0.15) is 18.1 Å². The highest BCUT2D eigenvalue weighted by atomic mass is 35.5. The summed E-state index contributed by atoms with van der Waals surface area (Å²) in [4.78, 5) is 16.2. The second-order valence-electron chi connectivity index (χ2n) is 8.09. The van der Waals surface area contributed by atoms with E-state index in [0.29, 0.717) is 19.4 Å². The lowest BCUT2D eigenvalue weighted by molar-refractivity contribution is -0.148. The first-order valence-electron chi connectivity index (χ1n) is 10.6. The number of fused-ring (bicyclic) bond motifs is 1. The van der Waals surface area contributed by atoms with E-state index >= 15 is 0 Å². The third-order valence-electron chi connectivity index (χ3n) is 5.95. The fourth-order valence-electron chi connectivity index (χ4n) is 4.42. The number of carbonyl (C=O) groups excluding carboxylic acids is 1. The average Bonchev–Trinajstić information content (AvgIpc) is 2.99. The van der Waals surface area contributed by atoms with Crippen molar-refractivity contribution in [2.75, 3.05) is 37.6 Å². The lowest BCUT2D eigenvalue weighted by atomic mass is 10.0. The Morgan fingerprint density at radius 1 is 1.06 bits per heavy atom. The molecule has 7 nitrogen and oxygen atoms in total. The molecule has 4 rings (SSSR count). The normalized spacial score (nSPS) is 17.4. The van der Waals surface area contributed by atoms with Crippen LogP contribution in [-0.4, -0.2) is 64.5 Å². The van der Waals surface area contributed by atoms with Gasteiger partial charge in [-0.25, -0.2) is 0 Å². The first kappa shape index (κ1) is 21.6. The summed E-state index contributed by atoms with van der Waals surface area (Å²) in [5.74, 6) is -0.264. The van der Waals surface area contributed by atoms with Gasteiger partial charge in [0.2, 0.25) is 0 Å². The van der Waals surface area contributed by atoms with Crippen molar-refractivity contribution in [3.8, 4) is 11.8 Å². The summed E-state index contributed by atoms with van der Waals surface area (Å²) in [6, 6.07) is 7.83. The van der Waals surface area contributed by atoms with Crippen LogP contribution in [0, 0.1) is 0 Å². The first-order valence-corrected chi connectivity index (χ1v) is 11.0. The van der Waals surface area contributed by atoms with Gasteiger partial charge in [0.05, 0.1) is 6.54 Å². The largest absolute Gasteiger partial charge is 0.494 e. The van der Waals surface area contributed by atoms with Crippen molar-refractivity contribution in [2.45, 2.75) is 32.4 Å². The van der Waals surface area contributed by atoms with Gasteiger partial charge in [-0.05, 0) is 31.0 Å². The van der Waals surface area contributed by atoms with Crippen molar-refractivity contribution in [3.05, 3.63) is 52.6 Å². The number of aromatic hydroxyl groups is 2. The Kier molecular flexibility index (Phi) is 6.43. The fourth-order valence-corrected chi connectivity index (χ4v) is 4.60. The number of carbonyl (C=O) groups is 1. The van der Waals surface area contributed by atoms with Gasteiger partial charge >= 0.3 is 5.97 Å². The van der Waals surface area contributed by atoms with E-state index in [-0.39, 0.29) is 24.3 Å². The maximum absolute atomic E-state index is 11.7. The molecule has 1 atom stereocenters. The van der Waals surface area contributed by atoms with Gasteiger partial charge in [0.15, 0.2) is 11.8 Å². The minimum Gasteiger partial charge on any atom is -0.494 e. The Morgan fingerprint density at radius 2 is 1.71 bits per heavy atom. The number of esters is 1. The summed E-state index contributed by atoms with van der Waals surface area (Å²) in [5, 5.41) is 22.0. The summed E-state index contributed by atoms with van der Waals surface area (Å²) in [7, 11) is 0. The molecule has 0 bridgehead atoms. The summed E-state index contributed by atoms with van der Waals surface area (Å²) < 4.78 is 7.02. The monoisotopic (exact) mass is 445 g/mol. The zero-order chi connectivity index (χ0) is 22.0. The Labute approximate surface area is 187 Å². The van der Waals surface area contributed by atoms with E-state index < -0.39 is 6.10 Å². The molecule has 1 saturated heterocycles. The summed E-state index contributed by atoms with van der Waals surface area (Å²) in [5.41, 5.74) is 2.60. The second-order valence-corrected chi connectivity index (χ2v) is 8.53. The fraction of sp³-hybridized carbons (Fsp3) is 0.435. The number of rotatable bonds is 6. The smallest absolute Gasteiger partial charge is 0.303 e. The predicted molar refractivity (Wildman–Crippen MR) is 120 cm³/mol. The van der Waals surface area contributed by atoms with Crippen LogP contribution in [0.5, 0.6) is 11.8 Å². The molecule has 1 fully saturated rings. The Balaban J connectivity index is 1.42. The third kappa shape index (κ3) is 4.83. The molecule has 1 aliphatic heterocycles. The zero-order valence-electron chi connectivity index (χ0n) is 17.6. The number of benzene rings is 1. The number of aromatic nitrogens is 1. The molecule has 2 heterocycles. The van der Waals surface area contributed by atoms with E-state index in [9.17, 15) is 15.0 Å². The van der Waals surface area contributed by atoms with Gasteiger partial charge < -0.3 is 19.8 Å². The van der Waals surface area contributed by atoms with E-state index in [4.69, 9.17) is 16.3 Å². The minimum absolute atomic E-state index is 0.0553.